The lowest BCUT2D eigenvalue weighted by atomic mass is 10.4. The van der Waals surface area contributed by atoms with Gasteiger partial charge in [-0.05, 0) is 0 Å². The number of carbonyl (C=O) groups is 4. The van der Waals surface area contributed by atoms with Gasteiger partial charge in [-0.2, -0.15) is 0 Å². The number of nitrogens with one attached hydrogen (secondary N) is 2. The SMILES string of the molecule is O=CNCCN(C=O)CCN(C=O)CCNC=O. The van der Waals surface area contributed by atoms with Crippen molar-refractivity contribution in [2.24, 2.45) is 0 Å². The summed E-state index contributed by atoms with van der Waals surface area (Å²) in [5, 5.41) is 4.89. The van der Waals surface area contributed by atoms with Crippen LogP contribution in [0.1, 0.15) is 0 Å². The fourth-order valence-electron chi connectivity index (χ4n) is 1.23. The van der Waals surface area contributed by atoms with Gasteiger partial charge in [0.05, 0.1) is 0 Å². The Morgan fingerprint density at radius 2 is 1.06 bits per heavy atom. The van der Waals surface area contributed by atoms with Crippen molar-refractivity contribution in [1.29, 1.82) is 0 Å². The second-order valence-electron chi connectivity index (χ2n) is 3.43. The van der Waals surface area contributed by atoms with E-state index in [2.05, 4.69) is 10.6 Å². The molecular formula is C10H18N4O4. The van der Waals surface area contributed by atoms with Crippen LogP contribution in [0.2, 0.25) is 0 Å². The number of rotatable bonds is 13. The highest BCUT2D eigenvalue weighted by Gasteiger charge is 2.05. The molecule has 0 rings (SSSR count). The van der Waals surface area contributed by atoms with Gasteiger partial charge in [0.15, 0.2) is 0 Å². The average Bonchev–Trinajstić information content (AvgIpc) is 2.40. The third kappa shape index (κ3) is 8.08. The molecule has 0 radical (unpaired) electrons. The molecule has 0 heterocycles. The molecule has 0 bridgehead atoms. The normalized spacial score (nSPS) is 9.11. The molecule has 0 aliphatic carbocycles. The monoisotopic (exact) mass is 258 g/mol. The van der Waals surface area contributed by atoms with Crippen LogP contribution < -0.4 is 10.6 Å². The third-order valence-electron chi connectivity index (χ3n) is 2.23. The Kier molecular flexibility index (Phi) is 10.0. The van der Waals surface area contributed by atoms with E-state index >= 15 is 0 Å². The molecule has 0 saturated carbocycles. The third-order valence-corrected chi connectivity index (χ3v) is 2.23. The van der Waals surface area contributed by atoms with Crippen molar-refractivity contribution in [3.63, 3.8) is 0 Å². The lowest BCUT2D eigenvalue weighted by molar-refractivity contribution is -0.121. The van der Waals surface area contributed by atoms with Crippen LogP contribution in [0.3, 0.4) is 0 Å². The van der Waals surface area contributed by atoms with Gasteiger partial charge >= 0.3 is 0 Å². The van der Waals surface area contributed by atoms with Gasteiger partial charge in [0, 0.05) is 39.3 Å². The zero-order valence-corrected chi connectivity index (χ0v) is 10.1. The largest absolute Gasteiger partial charge is 0.357 e. The highest BCUT2D eigenvalue weighted by Crippen LogP contribution is 1.87. The first-order valence-electron chi connectivity index (χ1n) is 5.51. The van der Waals surface area contributed by atoms with Gasteiger partial charge < -0.3 is 20.4 Å². The second-order valence-corrected chi connectivity index (χ2v) is 3.43. The van der Waals surface area contributed by atoms with E-state index in [1.165, 1.54) is 9.80 Å². The van der Waals surface area contributed by atoms with Gasteiger partial charge in [-0.15, -0.1) is 0 Å². The van der Waals surface area contributed by atoms with Crippen LogP contribution >= 0.6 is 0 Å². The highest BCUT2D eigenvalue weighted by molar-refractivity contribution is 5.49. The van der Waals surface area contributed by atoms with E-state index in [-0.39, 0.29) is 0 Å². The molecule has 0 aromatic carbocycles. The molecule has 0 fully saturated rings. The van der Waals surface area contributed by atoms with Crippen molar-refractivity contribution in [3.05, 3.63) is 0 Å². The molecule has 0 unspecified atom stereocenters. The second kappa shape index (κ2) is 11.4. The minimum Gasteiger partial charge on any atom is -0.357 e. The van der Waals surface area contributed by atoms with Gasteiger partial charge in [0.25, 0.3) is 0 Å². The Hall–Kier alpha value is -2.12. The van der Waals surface area contributed by atoms with Gasteiger partial charge in [-0.3, -0.25) is 19.2 Å². The first-order chi connectivity index (χ1) is 8.78. The predicted octanol–water partition coefficient (Wildman–Crippen LogP) is -2.60. The molecule has 102 valence electrons. The van der Waals surface area contributed by atoms with Gasteiger partial charge in [0.1, 0.15) is 0 Å². The number of hydrogen-bond acceptors (Lipinski definition) is 4. The van der Waals surface area contributed by atoms with Crippen LogP contribution in [-0.4, -0.2) is 74.7 Å². The van der Waals surface area contributed by atoms with E-state index in [0.29, 0.717) is 64.9 Å². The van der Waals surface area contributed by atoms with E-state index in [0.717, 1.165) is 0 Å². The molecule has 0 aliphatic heterocycles. The molecule has 0 aromatic rings. The molecule has 0 aromatic heterocycles. The van der Waals surface area contributed by atoms with E-state index in [9.17, 15) is 19.2 Å². The fourth-order valence-corrected chi connectivity index (χ4v) is 1.23. The molecule has 4 amide bonds. The molecule has 0 spiro atoms. The topological polar surface area (TPSA) is 98.8 Å². The Bertz CT molecular complexity index is 236. The van der Waals surface area contributed by atoms with Crippen LogP contribution in [0.25, 0.3) is 0 Å². The zero-order chi connectivity index (χ0) is 13.6. The van der Waals surface area contributed by atoms with Crippen molar-refractivity contribution in [3.8, 4) is 0 Å². The summed E-state index contributed by atoms with van der Waals surface area (Å²) in [6.45, 7) is 2.28. The minimum absolute atomic E-state index is 0.371. The van der Waals surface area contributed by atoms with Crippen molar-refractivity contribution in [2.45, 2.75) is 0 Å². The fraction of sp³-hybridized carbons (Fsp3) is 0.600. The van der Waals surface area contributed by atoms with Crippen molar-refractivity contribution in [1.82, 2.24) is 20.4 Å². The summed E-state index contributed by atoms with van der Waals surface area (Å²) in [5.41, 5.74) is 0. The predicted molar refractivity (Wildman–Crippen MR) is 63.4 cm³/mol. The van der Waals surface area contributed by atoms with Crippen LogP contribution in [0, 0.1) is 0 Å². The van der Waals surface area contributed by atoms with Crippen LogP contribution in [0.4, 0.5) is 0 Å². The maximum Gasteiger partial charge on any atom is 0.209 e. The quantitative estimate of drug-likeness (QED) is 0.279. The van der Waals surface area contributed by atoms with Crippen molar-refractivity contribution < 1.29 is 19.2 Å². The van der Waals surface area contributed by atoms with Crippen molar-refractivity contribution >= 4 is 25.6 Å². The summed E-state index contributed by atoms with van der Waals surface area (Å²) in [6.07, 6.45) is 2.45. The summed E-state index contributed by atoms with van der Waals surface area (Å²) in [7, 11) is 0. The standard InChI is InChI=1S/C10H18N4O4/c15-7-11-1-3-13(9-17)5-6-14(10-18)4-2-12-8-16/h7-10H,1-6H2,(H,11,15)(H,12,16). The summed E-state index contributed by atoms with van der Waals surface area (Å²) >= 11 is 0. The van der Waals surface area contributed by atoms with Crippen LogP contribution in [0.5, 0.6) is 0 Å². The van der Waals surface area contributed by atoms with Gasteiger partial charge in [-0.25, -0.2) is 0 Å². The molecule has 0 saturated heterocycles. The summed E-state index contributed by atoms with van der Waals surface area (Å²) in [5.74, 6) is 0. The van der Waals surface area contributed by atoms with Gasteiger partial charge in [0.2, 0.25) is 25.6 Å². The average molecular weight is 258 g/mol. The van der Waals surface area contributed by atoms with E-state index in [1.807, 2.05) is 0 Å². The van der Waals surface area contributed by atoms with Crippen molar-refractivity contribution in [2.75, 3.05) is 39.3 Å². The van der Waals surface area contributed by atoms with E-state index in [1.54, 1.807) is 0 Å². The lowest BCUT2D eigenvalue weighted by Crippen LogP contribution is -2.39. The maximum atomic E-state index is 10.7. The van der Waals surface area contributed by atoms with E-state index < -0.39 is 0 Å². The van der Waals surface area contributed by atoms with Crippen LogP contribution in [-0.2, 0) is 19.2 Å². The number of amides is 4. The summed E-state index contributed by atoms with van der Waals surface area (Å²) in [6, 6.07) is 0. The molecule has 0 atom stereocenters. The highest BCUT2D eigenvalue weighted by atomic mass is 16.1. The Morgan fingerprint density at radius 1 is 0.667 bits per heavy atom. The Balaban J connectivity index is 3.83. The number of hydrogen-bond donors (Lipinski definition) is 2. The Labute approximate surface area is 105 Å². The number of nitrogens with zero attached hydrogens (tertiary/aromatic N) is 2. The molecule has 8 nitrogen and oxygen atoms in total. The molecule has 18 heavy (non-hydrogen) atoms. The first kappa shape index (κ1) is 15.9. The van der Waals surface area contributed by atoms with Crippen LogP contribution in [0.15, 0.2) is 0 Å². The minimum atomic E-state index is 0.371. The zero-order valence-electron chi connectivity index (χ0n) is 10.1. The molecule has 8 heteroatoms. The van der Waals surface area contributed by atoms with Gasteiger partial charge in [-0.1, -0.05) is 0 Å². The first-order valence-corrected chi connectivity index (χ1v) is 5.51. The molecule has 0 aliphatic rings. The molecular weight excluding hydrogens is 240 g/mol. The lowest BCUT2D eigenvalue weighted by Gasteiger charge is -2.22. The summed E-state index contributed by atoms with van der Waals surface area (Å²) in [4.78, 5) is 44.4. The van der Waals surface area contributed by atoms with E-state index in [4.69, 9.17) is 0 Å². The smallest absolute Gasteiger partial charge is 0.209 e. The Morgan fingerprint density at radius 3 is 1.33 bits per heavy atom. The summed E-state index contributed by atoms with van der Waals surface area (Å²) < 4.78 is 0. The maximum absolute atomic E-state index is 10.7. The number of carbonyl (C=O) groups excluding carboxylic acids is 4. The molecule has 2 N–H and O–H groups in total.